The molecule has 10 nitrogen and oxygen atoms in total. The molecule has 0 aliphatic heterocycles. The number of azo groups is 1. The van der Waals surface area contributed by atoms with Crippen LogP contribution in [0.3, 0.4) is 0 Å². The number of aromatic amines is 2. The lowest BCUT2D eigenvalue weighted by Gasteiger charge is -2.08. The highest BCUT2D eigenvalue weighted by Crippen LogP contribution is 2.38. The molecule has 0 amide bonds. The predicted molar refractivity (Wildman–Crippen MR) is 143 cm³/mol. The first-order valence-electron chi connectivity index (χ1n) is 11.7. The van der Waals surface area contributed by atoms with E-state index in [2.05, 4.69) is 20.3 Å². The number of carbonyl (C=O) groups is 1. The SMILES string of the molecule is Cc1ccc(-n2[nH]c(C)c(N=Nc3cccc(-c4ccc5cc(C(=O)O)c(=O)[nH]c5c4)c3O)c2=O)cc1C. The van der Waals surface area contributed by atoms with Gasteiger partial charge in [0, 0.05) is 11.1 Å². The highest BCUT2D eigenvalue weighted by molar-refractivity contribution is 5.94. The molecule has 2 heterocycles. The number of aromatic nitrogens is 3. The molecule has 5 rings (SSSR count). The number of rotatable bonds is 5. The molecule has 0 aliphatic rings. The highest BCUT2D eigenvalue weighted by Gasteiger charge is 2.15. The van der Waals surface area contributed by atoms with Crippen molar-refractivity contribution in [3.63, 3.8) is 0 Å². The lowest BCUT2D eigenvalue weighted by molar-refractivity contribution is 0.0695. The highest BCUT2D eigenvalue weighted by atomic mass is 16.4. The van der Waals surface area contributed by atoms with Crippen molar-refractivity contribution in [1.82, 2.24) is 14.8 Å². The molecule has 4 N–H and O–H groups in total. The Balaban J connectivity index is 1.51. The van der Waals surface area contributed by atoms with Crippen LogP contribution >= 0.6 is 0 Å². The van der Waals surface area contributed by atoms with Crippen LogP contribution in [0, 0.1) is 20.8 Å². The van der Waals surface area contributed by atoms with E-state index in [1.165, 1.54) is 10.7 Å². The molecule has 10 heteroatoms. The molecule has 38 heavy (non-hydrogen) atoms. The van der Waals surface area contributed by atoms with Crippen LogP contribution in [0.5, 0.6) is 5.75 Å². The fourth-order valence-corrected chi connectivity index (χ4v) is 4.18. The number of aromatic carboxylic acids is 1. The number of phenols is 1. The van der Waals surface area contributed by atoms with Gasteiger partial charge in [0.2, 0.25) is 0 Å². The molecule has 0 fully saturated rings. The Morgan fingerprint density at radius 2 is 1.71 bits per heavy atom. The van der Waals surface area contributed by atoms with Gasteiger partial charge < -0.3 is 15.2 Å². The van der Waals surface area contributed by atoms with Crippen LogP contribution in [0.1, 0.15) is 27.2 Å². The molecule has 0 bridgehead atoms. The van der Waals surface area contributed by atoms with Crippen LogP contribution in [0.4, 0.5) is 11.4 Å². The summed E-state index contributed by atoms with van der Waals surface area (Å²) < 4.78 is 1.40. The summed E-state index contributed by atoms with van der Waals surface area (Å²) >= 11 is 0. The monoisotopic (exact) mass is 509 g/mol. The number of hydrogen-bond donors (Lipinski definition) is 4. The zero-order valence-electron chi connectivity index (χ0n) is 20.7. The van der Waals surface area contributed by atoms with Gasteiger partial charge in [0.15, 0.2) is 11.4 Å². The Labute approximate surface area is 215 Å². The smallest absolute Gasteiger partial charge is 0.341 e. The fourth-order valence-electron chi connectivity index (χ4n) is 4.18. The number of benzene rings is 3. The van der Waals surface area contributed by atoms with Crippen molar-refractivity contribution in [2.24, 2.45) is 10.2 Å². The van der Waals surface area contributed by atoms with Crippen molar-refractivity contribution >= 4 is 28.2 Å². The van der Waals surface area contributed by atoms with E-state index in [4.69, 9.17) is 0 Å². The molecule has 0 spiro atoms. The average molecular weight is 510 g/mol. The maximum atomic E-state index is 13.0. The number of aromatic hydroxyl groups is 1. The van der Waals surface area contributed by atoms with Gasteiger partial charge in [0.05, 0.1) is 11.4 Å². The van der Waals surface area contributed by atoms with E-state index in [-0.39, 0.29) is 28.2 Å². The zero-order chi connectivity index (χ0) is 27.1. The summed E-state index contributed by atoms with van der Waals surface area (Å²) in [5.41, 5.74) is 3.59. The van der Waals surface area contributed by atoms with Crippen molar-refractivity contribution in [2.75, 3.05) is 0 Å². The van der Waals surface area contributed by atoms with Crippen molar-refractivity contribution in [3.8, 4) is 22.6 Å². The zero-order valence-corrected chi connectivity index (χ0v) is 20.7. The van der Waals surface area contributed by atoms with Crippen LogP contribution in [0.15, 0.2) is 80.5 Å². The Morgan fingerprint density at radius 3 is 2.45 bits per heavy atom. The van der Waals surface area contributed by atoms with Crippen LogP contribution < -0.4 is 11.1 Å². The van der Waals surface area contributed by atoms with Crippen molar-refractivity contribution in [3.05, 3.63) is 104 Å². The first kappa shape index (κ1) is 24.4. The molecule has 0 saturated heterocycles. The maximum absolute atomic E-state index is 13.0. The number of para-hydroxylation sites is 1. The second-order valence-corrected chi connectivity index (χ2v) is 8.99. The quantitative estimate of drug-likeness (QED) is 0.233. The first-order chi connectivity index (χ1) is 18.1. The van der Waals surface area contributed by atoms with E-state index in [1.54, 1.807) is 43.3 Å². The van der Waals surface area contributed by atoms with E-state index < -0.39 is 11.5 Å². The largest absolute Gasteiger partial charge is 0.505 e. The number of fused-ring (bicyclic) bond motifs is 1. The van der Waals surface area contributed by atoms with Crippen LogP contribution in [-0.2, 0) is 0 Å². The third-order valence-corrected chi connectivity index (χ3v) is 6.45. The normalized spacial score (nSPS) is 11.4. The standard InChI is InChI=1S/C28H23N5O5/c1-14-7-10-19(11-15(14)2)33-27(36)24(16(3)32-33)31-30-22-6-4-5-20(25(22)34)17-8-9-18-12-21(28(37)38)26(35)29-23(18)13-17/h4-13,32,34H,1-3H3,(H,29,35)(H,37,38). The second kappa shape index (κ2) is 9.32. The Morgan fingerprint density at radius 1 is 0.921 bits per heavy atom. The van der Waals surface area contributed by atoms with Crippen molar-refractivity contribution < 1.29 is 15.0 Å². The van der Waals surface area contributed by atoms with E-state index >= 15 is 0 Å². The number of H-pyrrole nitrogens is 2. The molecule has 0 saturated carbocycles. The molecule has 5 aromatic rings. The molecule has 190 valence electrons. The lowest BCUT2D eigenvalue weighted by atomic mass is 10.0. The molecule has 3 aromatic carbocycles. The molecule has 0 unspecified atom stereocenters. The van der Waals surface area contributed by atoms with Gasteiger partial charge in [-0.1, -0.05) is 30.3 Å². The first-order valence-corrected chi connectivity index (χ1v) is 11.7. The van der Waals surface area contributed by atoms with Gasteiger partial charge in [-0.2, -0.15) is 0 Å². The number of pyridine rings is 1. The van der Waals surface area contributed by atoms with E-state index in [1.807, 2.05) is 32.0 Å². The van der Waals surface area contributed by atoms with Crippen LogP contribution in [-0.4, -0.2) is 30.9 Å². The summed E-state index contributed by atoms with van der Waals surface area (Å²) in [4.78, 5) is 39.0. The van der Waals surface area contributed by atoms with E-state index in [9.17, 15) is 24.6 Å². The molecule has 0 radical (unpaired) electrons. The summed E-state index contributed by atoms with van der Waals surface area (Å²) in [5, 5.41) is 32.0. The lowest BCUT2D eigenvalue weighted by Crippen LogP contribution is -2.16. The molecular weight excluding hydrogens is 486 g/mol. The topological polar surface area (TPSA) is 153 Å². The summed E-state index contributed by atoms with van der Waals surface area (Å²) in [5.74, 6) is -1.48. The van der Waals surface area contributed by atoms with Crippen LogP contribution in [0.2, 0.25) is 0 Å². The van der Waals surface area contributed by atoms with E-state index in [0.29, 0.717) is 33.4 Å². The number of hydrogen-bond acceptors (Lipinski definition) is 6. The number of carboxylic acids is 1. The van der Waals surface area contributed by atoms with Gasteiger partial charge in [-0.05, 0) is 73.2 Å². The number of aryl methyl sites for hydroxylation is 3. The molecule has 2 aromatic heterocycles. The van der Waals surface area contributed by atoms with Gasteiger partial charge in [0.25, 0.3) is 11.1 Å². The Kier molecular flexibility index (Phi) is 6.00. The Bertz CT molecular complexity index is 1890. The van der Waals surface area contributed by atoms with E-state index in [0.717, 1.165) is 11.1 Å². The fraction of sp³-hybridized carbons (Fsp3) is 0.107. The molecule has 0 aliphatic carbocycles. The molecular formula is C28H23N5O5. The average Bonchev–Trinajstić information content (AvgIpc) is 3.17. The number of phenolic OH excluding ortho intramolecular Hbond substituents is 1. The van der Waals surface area contributed by atoms with Crippen molar-refractivity contribution in [1.29, 1.82) is 0 Å². The third-order valence-electron chi connectivity index (χ3n) is 6.45. The minimum Gasteiger partial charge on any atom is -0.505 e. The summed E-state index contributed by atoms with van der Waals surface area (Å²) in [7, 11) is 0. The van der Waals surface area contributed by atoms with Gasteiger partial charge in [-0.25, -0.2) is 9.48 Å². The number of nitrogens with zero attached hydrogens (tertiary/aromatic N) is 3. The third kappa shape index (κ3) is 4.28. The summed E-state index contributed by atoms with van der Waals surface area (Å²) in [6.45, 7) is 5.68. The van der Waals surface area contributed by atoms with Crippen LogP contribution in [0.25, 0.3) is 27.7 Å². The number of nitrogens with one attached hydrogen (secondary N) is 2. The predicted octanol–water partition coefficient (Wildman–Crippen LogP) is 5.42. The van der Waals surface area contributed by atoms with Crippen molar-refractivity contribution in [2.45, 2.75) is 20.8 Å². The van der Waals surface area contributed by atoms with Gasteiger partial charge in [-0.15, -0.1) is 10.2 Å². The summed E-state index contributed by atoms with van der Waals surface area (Å²) in [6.07, 6.45) is 0. The number of carboxylic acid groups (broad SMARTS) is 1. The summed E-state index contributed by atoms with van der Waals surface area (Å²) in [6, 6.07) is 16.9. The maximum Gasteiger partial charge on any atom is 0.341 e. The van der Waals surface area contributed by atoms with Gasteiger partial charge in [0.1, 0.15) is 11.3 Å². The Hall–Kier alpha value is -5.25. The minimum atomic E-state index is -1.31. The van der Waals surface area contributed by atoms with Gasteiger partial charge >= 0.3 is 5.97 Å². The minimum absolute atomic E-state index is 0.116. The van der Waals surface area contributed by atoms with Gasteiger partial charge in [-0.3, -0.25) is 14.7 Å². The molecule has 0 atom stereocenters. The second-order valence-electron chi connectivity index (χ2n) is 8.99.